The lowest BCUT2D eigenvalue weighted by atomic mass is 9.95. The van der Waals surface area contributed by atoms with Crippen molar-refractivity contribution >= 4 is 15.9 Å². The van der Waals surface area contributed by atoms with Crippen LogP contribution in [0.5, 0.6) is 0 Å². The molecule has 0 radical (unpaired) electrons. The quantitative estimate of drug-likeness (QED) is 0.787. The monoisotopic (exact) mass is 344 g/mol. The first kappa shape index (κ1) is 17.9. The Morgan fingerprint density at radius 3 is 2.57 bits per heavy atom. The molecule has 1 aliphatic heterocycles. The van der Waals surface area contributed by atoms with E-state index in [0.29, 0.717) is 25.2 Å². The Bertz CT molecular complexity index is 619. The second-order valence-electron chi connectivity index (χ2n) is 6.11. The molecule has 8 nitrogen and oxygen atoms in total. The lowest BCUT2D eigenvalue weighted by molar-refractivity contribution is -0.137. The van der Waals surface area contributed by atoms with Crippen LogP contribution in [0.4, 0.5) is 0 Å². The first-order valence-corrected chi connectivity index (χ1v) is 9.32. The molecule has 2 N–H and O–H groups in total. The maximum atomic E-state index is 12.4. The molecule has 0 saturated carbocycles. The highest BCUT2D eigenvalue weighted by Crippen LogP contribution is 2.17. The van der Waals surface area contributed by atoms with Gasteiger partial charge in [-0.3, -0.25) is 4.79 Å². The number of aromatic nitrogens is 1. The van der Waals surface area contributed by atoms with Crippen LogP contribution in [0.3, 0.4) is 0 Å². The smallest absolute Gasteiger partial charge is 0.242 e. The van der Waals surface area contributed by atoms with Gasteiger partial charge in [0.2, 0.25) is 15.9 Å². The van der Waals surface area contributed by atoms with Crippen LogP contribution < -0.4 is 5.73 Å². The lowest BCUT2D eigenvalue weighted by Gasteiger charge is -2.37. The van der Waals surface area contributed by atoms with Gasteiger partial charge in [0, 0.05) is 32.2 Å². The number of hydrogen-bond acceptors (Lipinski definition) is 6. The van der Waals surface area contributed by atoms with E-state index < -0.39 is 15.6 Å². The van der Waals surface area contributed by atoms with Crippen molar-refractivity contribution in [2.24, 2.45) is 5.73 Å². The highest BCUT2D eigenvalue weighted by molar-refractivity contribution is 7.88. The normalized spacial score (nSPS) is 19.5. The number of rotatable bonds is 6. The molecule has 0 bridgehead atoms. The molecule has 1 aromatic rings. The number of sulfonamides is 1. The topological polar surface area (TPSA) is 110 Å². The van der Waals surface area contributed by atoms with E-state index in [1.165, 1.54) is 16.6 Å². The van der Waals surface area contributed by atoms with Gasteiger partial charge in [0.1, 0.15) is 12.0 Å². The molecule has 0 aliphatic carbocycles. The highest BCUT2D eigenvalue weighted by atomic mass is 32.2. The molecular weight excluding hydrogens is 320 g/mol. The maximum Gasteiger partial charge on any atom is 0.242 e. The predicted octanol–water partition coefficient (Wildman–Crippen LogP) is 0.166. The molecule has 2 rings (SSSR count). The lowest BCUT2D eigenvalue weighted by Crippen LogP contribution is -2.58. The fraction of sp³-hybridized carbons (Fsp3) is 0.714. The molecule has 1 aromatic heterocycles. The first-order chi connectivity index (χ1) is 10.8. The van der Waals surface area contributed by atoms with E-state index in [1.807, 2.05) is 6.92 Å². The van der Waals surface area contributed by atoms with Crippen LogP contribution in [0.25, 0.3) is 0 Å². The Hall–Kier alpha value is -1.45. The third kappa shape index (κ3) is 4.30. The molecule has 1 saturated heterocycles. The van der Waals surface area contributed by atoms with E-state index in [9.17, 15) is 13.2 Å². The average molecular weight is 344 g/mol. The van der Waals surface area contributed by atoms with Gasteiger partial charge in [0.05, 0.1) is 11.2 Å². The van der Waals surface area contributed by atoms with E-state index in [1.54, 1.807) is 11.8 Å². The second-order valence-corrected chi connectivity index (χ2v) is 8.07. The SMILES string of the molecule is CCCC(C)(N)C(=O)N1CCN(S(=O)(=O)Cc2ccon2)CC1. The Balaban J connectivity index is 1.94. The van der Waals surface area contributed by atoms with Crippen molar-refractivity contribution in [3.63, 3.8) is 0 Å². The fourth-order valence-corrected chi connectivity index (χ4v) is 4.17. The van der Waals surface area contributed by atoms with E-state index >= 15 is 0 Å². The minimum Gasteiger partial charge on any atom is -0.364 e. The molecule has 9 heteroatoms. The van der Waals surface area contributed by atoms with Gasteiger partial charge < -0.3 is 15.2 Å². The number of amides is 1. The molecule has 1 fully saturated rings. The standard InChI is InChI=1S/C14H24N4O4S/c1-3-5-14(2,15)13(19)17-6-8-18(9-7-17)23(20,21)11-12-4-10-22-16-12/h4,10H,3,5-9,11,15H2,1-2H3. The van der Waals surface area contributed by atoms with Crippen LogP contribution in [0.2, 0.25) is 0 Å². The average Bonchev–Trinajstić information content (AvgIpc) is 2.98. The Morgan fingerprint density at radius 1 is 1.39 bits per heavy atom. The zero-order chi connectivity index (χ0) is 17.1. The zero-order valence-electron chi connectivity index (χ0n) is 13.6. The van der Waals surface area contributed by atoms with Crippen LogP contribution in [-0.2, 0) is 20.6 Å². The van der Waals surface area contributed by atoms with Crippen molar-refractivity contribution in [3.8, 4) is 0 Å². The number of piperazine rings is 1. The van der Waals surface area contributed by atoms with Crippen molar-refractivity contribution in [2.45, 2.75) is 38.0 Å². The van der Waals surface area contributed by atoms with E-state index in [2.05, 4.69) is 9.68 Å². The fourth-order valence-electron chi connectivity index (χ4n) is 2.75. The Labute approximate surface area is 136 Å². The van der Waals surface area contributed by atoms with Gasteiger partial charge >= 0.3 is 0 Å². The van der Waals surface area contributed by atoms with Crippen molar-refractivity contribution in [1.29, 1.82) is 0 Å². The van der Waals surface area contributed by atoms with Gasteiger partial charge in [-0.15, -0.1) is 0 Å². The number of hydrogen-bond donors (Lipinski definition) is 1. The molecule has 1 unspecified atom stereocenters. The summed E-state index contributed by atoms with van der Waals surface area (Å²) in [4.78, 5) is 14.1. The number of nitrogens with two attached hydrogens (primary N) is 1. The summed E-state index contributed by atoms with van der Waals surface area (Å²) < 4.78 is 30.7. The van der Waals surface area contributed by atoms with Gasteiger partial charge in [-0.05, 0) is 13.3 Å². The zero-order valence-corrected chi connectivity index (χ0v) is 14.4. The first-order valence-electron chi connectivity index (χ1n) is 7.71. The summed E-state index contributed by atoms with van der Waals surface area (Å²) in [6.07, 6.45) is 2.78. The van der Waals surface area contributed by atoms with Crippen LogP contribution in [0.1, 0.15) is 32.4 Å². The molecule has 1 amide bonds. The minimum atomic E-state index is -3.46. The van der Waals surface area contributed by atoms with Crippen molar-refractivity contribution in [3.05, 3.63) is 18.0 Å². The molecule has 0 aromatic carbocycles. The summed E-state index contributed by atoms with van der Waals surface area (Å²) in [5.41, 5.74) is 5.55. The van der Waals surface area contributed by atoms with Crippen molar-refractivity contribution < 1.29 is 17.7 Å². The minimum absolute atomic E-state index is 0.118. The van der Waals surface area contributed by atoms with Crippen LogP contribution in [0, 0.1) is 0 Å². The molecule has 130 valence electrons. The van der Waals surface area contributed by atoms with Gasteiger partial charge in [0.15, 0.2) is 0 Å². The number of carbonyl (C=O) groups excluding carboxylic acids is 1. The van der Waals surface area contributed by atoms with Crippen LogP contribution in [0.15, 0.2) is 16.9 Å². The Morgan fingerprint density at radius 2 is 2.04 bits per heavy atom. The molecule has 1 aliphatic rings. The Kier molecular flexibility index (Phi) is 5.43. The number of nitrogens with zero attached hydrogens (tertiary/aromatic N) is 3. The highest BCUT2D eigenvalue weighted by Gasteiger charge is 2.35. The molecule has 1 atom stereocenters. The molecule has 2 heterocycles. The van der Waals surface area contributed by atoms with Crippen molar-refractivity contribution in [1.82, 2.24) is 14.4 Å². The van der Waals surface area contributed by atoms with Crippen molar-refractivity contribution in [2.75, 3.05) is 26.2 Å². The summed E-state index contributed by atoms with van der Waals surface area (Å²) in [6.45, 7) is 4.96. The van der Waals surface area contributed by atoms with Gasteiger partial charge in [-0.2, -0.15) is 4.31 Å². The van der Waals surface area contributed by atoms with Gasteiger partial charge in [-0.25, -0.2) is 8.42 Å². The summed E-state index contributed by atoms with van der Waals surface area (Å²) in [5, 5.41) is 3.63. The van der Waals surface area contributed by atoms with Crippen LogP contribution in [-0.4, -0.2) is 60.4 Å². The second kappa shape index (κ2) is 6.98. The van der Waals surface area contributed by atoms with E-state index in [-0.39, 0.29) is 24.7 Å². The largest absolute Gasteiger partial charge is 0.364 e. The molecular formula is C14H24N4O4S. The summed E-state index contributed by atoms with van der Waals surface area (Å²) >= 11 is 0. The third-order valence-corrected chi connectivity index (χ3v) is 5.81. The number of carbonyl (C=O) groups is 1. The maximum absolute atomic E-state index is 12.4. The van der Waals surface area contributed by atoms with Gasteiger partial charge in [-0.1, -0.05) is 18.5 Å². The summed E-state index contributed by atoms with van der Waals surface area (Å²) in [5.74, 6) is -0.310. The summed E-state index contributed by atoms with van der Waals surface area (Å²) in [6, 6.07) is 1.53. The van der Waals surface area contributed by atoms with E-state index in [0.717, 1.165) is 6.42 Å². The van der Waals surface area contributed by atoms with E-state index in [4.69, 9.17) is 5.73 Å². The predicted molar refractivity (Wildman–Crippen MR) is 84.8 cm³/mol. The van der Waals surface area contributed by atoms with Gasteiger partial charge in [0.25, 0.3) is 0 Å². The molecule has 23 heavy (non-hydrogen) atoms. The summed E-state index contributed by atoms with van der Waals surface area (Å²) in [7, 11) is -3.46. The third-order valence-electron chi connectivity index (χ3n) is 4.00. The van der Waals surface area contributed by atoms with Crippen LogP contribution >= 0.6 is 0 Å². The molecule has 0 spiro atoms.